The zero-order valence-electron chi connectivity index (χ0n) is 17.8. The van der Waals surface area contributed by atoms with Gasteiger partial charge in [-0.25, -0.2) is 0 Å². The summed E-state index contributed by atoms with van der Waals surface area (Å²) in [6, 6.07) is 0.636. The van der Waals surface area contributed by atoms with Crippen LogP contribution in [0.2, 0.25) is 0 Å². The van der Waals surface area contributed by atoms with Gasteiger partial charge in [0.1, 0.15) is 0 Å². The maximum atomic E-state index is 4.54. The molecular formula is C21H41IN6. The van der Waals surface area contributed by atoms with Crippen LogP contribution in [0.25, 0.3) is 0 Å². The lowest BCUT2D eigenvalue weighted by Crippen LogP contribution is -2.64. The minimum atomic E-state index is 0. The van der Waals surface area contributed by atoms with E-state index in [1.54, 1.807) is 0 Å². The summed E-state index contributed by atoms with van der Waals surface area (Å²) in [5.41, 5.74) is 0.357. The van der Waals surface area contributed by atoms with E-state index in [4.69, 9.17) is 0 Å². The van der Waals surface area contributed by atoms with Crippen LogP contribution in [-0.4, -0.2) is 98.2 Å². The average molecular weight is 505 g/mol. The van der Waals surface area contributed by atoms with Crippen LogP contribution in [0.5, 0.6) is 0 Å². The molecule has 1 atom stereocenters. The molecule has 1 saturated carbocycles. The molecule has 4 saturated heterocycles. The van der Waals surface area contributed by atoms with E-state index >= 15 is 0 Å². The van der Waals surface area contributed by atoms with Crippen LogP contribution in [0.1, 0.15) is 51.4 Å². The predicted octanol–water partition coefficient (Wildman–Crippen LogP) is 1.96. The fraction of sp³-hybridized carbons (Fsp3) is 0.952. The van der Waals surface area contributed by atoms with Crippen molar-refractivity contribution in [3.63, 3.8) is 0 Å². The van der Waals surface area contributed by atoms with Crippen molar-refractivity contribution in [1.82, 2.24) is 25.3 Å². The molecule has 7 heteroatoms. The highest BCUT2D eigenvalue weighted by molar-refractivity contribution is 14.0. The lowest BCUT2D eigenvalue weighted by atomic mass is 9.79. The minimum absolute atomic E-state index is 0. The van der Waals surface area contributed by atoms with Crippen LogP contribution in [0.15, 0.2) is 4.99 Å². The molecule has 0 spiro atoms. The normalized spacial score (nSPS) is 33.2. The summed E-state index contributed by atoms with van der Waals surface area (Å²) in [7, 11) is 1.92. The first-order chi connectivity index (χ1) is 13.3. The standard InChI is InChI=1S/C21H40N6.HI/c1-22-20(23-16-19-17-25-12-14-26(19)15-13-25)24-18-21(8-4-2-5-9-21)27-10-6-3-7-11-27;/h19H,2-18H2,1H3,(H2,22,23,24);1H. The van der Waals surface area contributed by atoms with E-state index in [2.05, 4.69) is 30.3 Å². The number of guanidine groups is 1. The molecule has 0 aromatic carbocycles. The SMILES string of the molecule is CN=C(NCC1CN2CCN1CC2)NCC1(N2CCCCC2)CCCCC1.I. The summed E-state index contributed by atoms with van der Waals surface area (Å²) in [4.78, 5) is 12.6. The van der Waals surface area contributed by atoms with E-state index in [0.29, 0.717) is 11.6 Å². The first kappa shape index (κ1) is 22.6. The third-order valence-corrected chi connectivity index (χ3v) is 7.52. The van der Waals surface area contributed by atoms with Gasteiger partial charge in [0.2, 0.25) is 0 Å². The molecule has 162 valence electrons. The van der Waals surface area contributed by atoms with Gasteiger partial charge in [-0.2, -0.15) is 0 Å². The quantitative estimate of drug-likeness (QED) is 0.341. The highest BCUT2D eigenvalue weighted by Crippen LogP contribution is 2.35. The van der Waals surface area contributed by atoms with Crippen LogP contribution in [0, 0.1) is 0 Å². The Hall–Kier alpha value is -0.120. The Morgan fingerprint density at radius 2 is 1.57 bits per heavy atom. The number of hydrogen-bond donors (Lipinski definition) is 2. The molecule has 28 heavy (non-hydrogen) atoms. The molecule has 5 aliphatic rings. The summed E-state index contributed by atoms with van der Waals surface area (Å²) in [5.74, 6) is 0.995. The van der Waals surface area contributed by atoms with Crippen molar-refractivity contribution in [2.24, 2.45) is 4.99 Å². The lowest BCUT2D eigenvalue weighted by Gasteiger charge is -2.49. The van der Waals surface area contributed by atoms with Gasteiger partial charge in [0.25, 0.3) is 0 Å². The number of aliphatic imine (C=N–C) groups is 1. The zero-order chi connectivity index (χ0) is 18.5. The Morgan fingerprint density at radius 1 is 0.893 bits per heavy atom. The average Bonchev–Trinajstić information content (AvgIpc) is 2.76. The van der Waals surface area contributed by atoms with Gasteiger partial charge < -0.3 is 10.6 Å². The second kappa shape index (κ2) is 10.8. The maximum Gasteiger partial charge on any atom is 0.191 e. The van der Waals surface area contributed by atoms with Gasteiger partial charge in [0.05, 0.1) is 0 Å². The number of fused-ring (bicyclic) bond motifs is 3. The monoisotopic (exact) mass is 504 g/mol. The molecule has 0 aromatic heterocycles. The molecule has 0 radical (unpaired) electrons. The molecule has 6 nitrogen and oxygen atoms in total. The Balaban J connectivity index is 0.00000225. The highest BCUT2D eigenvalue weighted by Gasteiger charge is 2.38. The van der Waals surface area contributed by atoms with E-state index in [9.17, 15) is 0 Å². The number of nitrogens with zero attached hydrogens (tertiary/aromatic N) is 4. The number of piperidine rings is 1. The first-order valence-electron chi connectivity index (χ1n) is 11.5. The van der Waals surface area contributed by atoms with E-state index in [0.717, 1.165) is 19.0 Å². The lowest BCUT2D eigenvalue weighted by molar-refractivity contribution is 0.0152. The van der Waals surface area contributed by atoms with Gasteiger partial charge >= 0.3 is 0 Å². The molecule has 4 heterocycles. The van der Waals surface area contributed by atoms with Gasteiger partial charge in [-0.05, 0) is 38.8 Å². The highest BCUT2D eigenvalue weighted by atomic mass is 127. The summed E-state index contributed by atoms with van der Waals surface area (Å²) < 4.78 is 0. The Labute approximate surface area is 188 Å². The van der Waals surface area contributed by atoms with E-state index < -0.39 is 0 Å². The van der Waals surface area contributed by atoms with Crippen molar-refractivity contribution in [2.75, 3.05) is 66.0 Å². The number of rotatable bonds is 5. The minimum Gasteiger partial charge on any atom is -0.355 e. The molecule has 4 aliphatic heterocycles. The van der Waals surface area contributed by atoms with Crippen molar-refractivity contribution < 1.29 is 0 Å². The Bertz CT molecular complexity index is 493. The van der Waals surface area contributed by atoms with Crippen LogP contribution >= 0.6 is 24.0 Å². The van der Waals surface area contributed by atoms with E-state index in [1.807, 2.05) is 7.05 Å². The Kier molecular flexibility index (Phi) is 8.68. The van der Waals surface area contributed by atoms with Gasteiger partial charge in [-0.15, -0.1) is 24.0 Å². The van der Waals surface area contributed by atoms with E-state index in [1.165, 1.54) is 97.2 Å². The van der Waals surface area contributed by atoms with Crippen molar-refractivity contribution in [2.45, 2.75) is 62.9 Å². The van der Waals surface area contributed by atoms with Gasteiger partial charge in [-0.1, -0.05) is 25.7 Å². The first-order valence-corrected chi connectivity index (χ1v) is 11.5. The van der Waals surface area contributed by atoms with Gasteiger partial charge in [0, 0.05) is 64.4 Å². The third-order valence-electron chi connectivity index (χ3n) is 7.52. The topological polar surface area (TPSA) is 46.1 Å². The third kappa shape index (κ3) is 5.32. The van der Waals surface area contributed by atoms with Crippen LogP contribution < -0.4 is 10.6 Å². The summed E-state index contributed by atoms with van der Waals surface area (Å²) in [6.45, 7) is 10.8. The summed E-state index contributed by atoms with van der Waals surface area (Å²) in [6.07, 6.45) is 11.1. The molecule has 0 amide bonds. The van der Waals surface area contributed by atoms with Crippen LogP contribution in [-0.2, 0) is 0 Å². The number of hydrogen-bond acceptors (Lipinski definition) is 4. The number of nitrogens with one attached hydrogen (secondary N) is 2. The molecular weight excluding hydrogens is 463 g/mol. The fourth-order valence-corrected chi connectivity index (χ4v) is 5.78. The van der Waals surface area contributed by atoms with Crippen molar-refractivity contribution in [3.8, 4) is 0 Å². The molecule has 5 fully saturated rings. The molecule has 1 unspecified atom stereocenters. The van der Waals surface area contributed by atoms with E-state index in [-0.39, 0.29) is 24.0 Å². The zero-order valence-corrected chi connectivity index (χ0v) is 20.1. The molecule has 0 aromatic rings. The van der Waals surface area contributed by atoms with Gasteiger partial charge in [0.15, 0.2) is 5.96 Å². The summed E-state index contributed by atoms with van der Waals surface area (Å²) in [5, 5.41) is 7.36. The second-order valence-electron chi connectivity index (χ2n) is 9.13. The molecule has 1 aliphatic carbocycles. The van der Waals surface area contributed by atoms with Crippen molar-refractivity contribution in [3.05, 3.63) is 0 Å². The number of halogens is 1. The Morgan fingerprint density at radius 3 is 2.18 bits per heavy atom. The van der Waals surface area contributed by atoms with Crippen LogP contribution in [0.3, 0.4) is 0 Å². The fourth-order valence-electron chi connectivity index (χ4n) is 5.78. The van der Waals surface area contributed by atoms with Crippen LogP contribution in [0.4, 0.5) is 0 Å². The second-order valence-corrected chi connectivity index (χ2v) is 9.13. The largest absolute Gasteiger partial charge is 0.355 e. The smallest absolute Gasteiger partial charge is 0.191 e. The maximum absolute atomic E-state index is 4.54. The molecule has 2 bridgehead atoms. The van der Waals surface area contributed by atoms with Crippen molar-refractivity contribution in [1.29, 1.82) is 0 Å². The van der Waals surface area contributed by atoms with Crippen molar-refractivity contribution >= 4 is 29.9 Å². The van der Waals surface area contributed by atoms with Gasteiger partial charge in [-0.3, -0.25) is 19.7 Å². The summed E-state index contributed by atoms with van der Waals surface area (Å²) >= 11 is 0. The number of piperazine rings is 3. The number of likely N-dealkylation sites (tertiary alicyclic amines) is 1. The molecule has 2 N–H and O–H groups in total. The predicted molar refractivity (Wildman–Crippen MR) is 128 cm³/mol. The molecule has 5 rings (SSSR count).